The van der Waals surface area contributed by atoms with Crippen LogP contribution in [0, 0.1) is 0 Å². The summed E-state index contributed by atoms with van der Waals surface area (Å²) in [6.07, 6.45) is 7.80. The fourth-order valence-corrected chi connectivity index (χ4v) is 6.62. The highest BCUT2D eigenvalue weighted by atomic mass is 16.6. The number of aromatic nitrogens is 2. The van der Waals surface area contributed by atoms with Crippen LogP contribution in [-0.2, 0) is 27.4 Å². The van der Waals surface area contributed by atoms with Gasteiger partial charge in [-0.2, -0.15) is 0 Å². The number of hydrogen-bond donors (Lipinski definition) is 1. The summed E-state index contributed by atoms with van der Waals surface area (Å²) in [6.45, 7) is 13.7. The van der Waals surface area contributed by atoms with Crippen LogP contribution in [0.15, 0.2) is 65.8 Å². The predicted molar refractivity (Wildman–Crippen MR) is 190 cm³/mol. The number of rotatable bonds is 8. The van der Waals surface area contributed by atoms with Crippen molar-refractivity contribution in [2.75, 3.05) is 13.1 Å². The molecular formula is C39H49N5O5. The lowest BCUT2D eigenvalue weighted by Crippen LogP contribution is -2.43. The largest absolute Gasteiger partial charge is 0.444 e. The van der Waals surface area contributed by atoms with Gasteiger partial charge in [0.2, 0.25) is 0 Å². The average Bonchev–Trinajstić information content (AvgIpc) is 3.86. The van der Waals surface area contributed by atoms with Gasteiger partial charge in [0, 0.05) is 25.2 Å². The Kier molecular flexibility index (Phi) is 9.97. The molecule has 49 heavy (non-hydrogen) atoms. The zero-order chi connectivity index (χ0) is 34.8. The van der Waals surface area contributed by atoms with Crippen LogP contribution in [0.25, 0.3) is 17.0 Å². The number of imidazole rings is 1. The highest BCUT2D eigenvalue weighted by Crippen LogP contribution is 2.33. The Morgan fingerprint density at radius 3 is 2.12 bits per heavy atom. The molecule has 2 atom stereocenters. The summed E-state index contributed by atoms with van der Waals surface area (Å²) < 4.78 is 17.4. The molecule has 0 radical (unpaired) electrons. The third-order valence-electron chi connectivity index (χ3n) is 8.85. The fraction of sp³-hybridized carbons (Fsp3) is 0.487. The Morgan fingerprint density at radius 2 is 1.45 bits per heavy atom. The number of benzene rings is 2. The quantitative estimate of drug-likeness (QED) is 0.258. The van der Waals surface area contributed by atoms with Crippen molar-refractivity contribution in [3.8, 4) is 11.3 Å². The molecule has 1 aromatic heterocycles. The number of H-pyrrole nitrogens is 1. The molecule has 10 heteroatoms. The van der Waals surface area contributed by atoms with Gasteiger partial charge in [-0.1, -0.05) is 48.5 Å². The monoisotopic (exact) mass is 667 g/mol. The van der Waals surface area contributed by atoms with Crippen LogP contribution in [0.4, 0.5) is 9.59 Å². The van der Waals surface area contributed by atoms with E-state index in [-0.39, 0.29) is 24.3 Å². The molecule has 4 heterocycles. The van der Waals surface area contributed by atoms with Crippen LogP contribution in [-0.4, -0.2) is 68.0 Å². The number of carbonyl (C=O) groups excluding carboxylic acids is 2. The van der Waals surface area contributed by atoms with E-state index in [2.05, 4.69) is 52.4 Å². The maximum Gasteiger partial charge on any atom is 0.410 e. The van der Waals surface area contributed by atoms with Gasteiger partial charge in [0.1, 0.15) is 17.0 Å². The normalized spacial score (nSPS) is 19.6. The maximum atomic E-state index is 12.8. The molecule has 3 aromatic rings. The number of nitrogens with one attached hydrogen (secondary N) is 1. The minimum atomic E-state index is -0.540. The van der Waals surface area contributed by atoms with Gasteiger partial charge in [0.05, 0.1) is 42.9 Å². The van der Waals surface area contributed by atoms with Crippen molar-refractivity contribution < 1.29 is 23.8 Å². The summed E-state index contributed by atoms with van der Waals surface area (Å²) >= 11 is 0. The number of allylic oxidation sites excluding steroid dienone is 1. The van der Waals surface area contributed by atoms with Gasteiger partial charge < -0.3 is 19.2 Å². The third-order valence-corrected chi connectivity index (χ3v) is 8.85. The number of hydrogen-bond acceptors (Lipinski definition) is 7. The van der Waals surface area contributed by atoms with E-state index in [0.29, 0.717) is 26.3 Å². The zero-order valence-corrected chi connectivity index (χ0v) is 29.6. The van der Waals surface area contributed by atoms with Crippen LogP contribution >= 0.6 is 0 Å². The SMILES string of the molecule is CC(C)(C)OC(=O)N1CCC[C@H]1C1=NC(c2ccc(COCc3cccc(-c4cnc([C@@H]5CCCN5C(=O)OC(C)(C)C)[nH]4)c3)cc2)=CC1. The van der Waals surface area contributed by atoms with E-state index in [9.17, 15) is 9.59 Å². The van der Waals surface area contributed by atoms with Crippen molar-refractivity contribution in [1.29, 1.82) is 0 Å². The van der Waals surface area contributed by atoms with Crippen LogP contribution in [0.2, 0.25) is 0 Å². The number of likely N-dealkylation sites (tertiary alicyclic amines) is 2. The lowest BCUT2D eigenvalue weighted by molar-refractivity contribution is 0.0216. The number of aliphatic imine (C=N–C) groups is 1. The molecule has 10 nitrogen and oxygen atoms in total. The molecule has 2 saturated heterocycles. The molecule has 0 aliphatic carbocycles. The highest BCUT2D eigenvalue weighted by molar-refractivity contribution is 6.00. The molecule has 2 amide bonds. The first-order valence-electron chi connectivity index (χ1n) is 17.4. The zero-order valence-electron chi connectivity index (χ0n) is 29.6. The predicted octanol–water partition coefficient (Wildman–Crippen LogP) is 8.45. The Balaban J connectivity index is 1.02. The van der Waals surface area contributed by atoms with E-state index in [1.54, 1.807) is 4.90 Å². The van der Waals surface area contributed by atoms with Gasteiger partial charge in [-0.15, -0.1) is 0 Å². The lowest BCUT2D eigenvalue weighted by atomic mass is 10.1. The number of aromatic amines is 1. The second kappa shape index (κ2) is 14.2. The van der Waals surface area contributed by atoms with Gasteiger partial charge in [-0.05, 0) is 95.5 Å². The Bertz CT molecular complexity index is 1710. The molecular weight excluding hydrogens is 618 g/mol. The molecule has 2 aromatic carbocycles. The molecule has 0 bridgehead atoms. The first kappa shape index (κ1) is 34.4. The van der Waals surface area contributed by atoms with E-state index < -0.39 is 11.2 Å². The number of nitrogens with zero attached hydrogens (tertiary/aromatic N) is 4. The van der Waals surface area contributed by atoms with Crippen LogP contribution in [0.1, 0.15) is 102 Å². The highest BCUT2D eigenvalue weighted by Gasteiger charge is 2.36. The van der Waals surface area contributed by atoms with Crippen LogP contribution in [0.5, 0.6) is 0 Å². The van der Waals surface area contributed by atoms with Gasteiger partial charge in [-0.3, -0.25) is 14.8 Å². The Hall–Kier alpha value is -4.44. The average molecular weight is 668 g/mol. The van der Waals surface area contributed by atoms with Crippen molar-refractivity contribution >= 4 is 23.6 Å². The lowest BCUT2D eigenvalue weighted by Gasteiger charge is -2.28. The molecule has 6 rings (SSSR count). The van der Waals surface area contributed by atoms with Gasteiger partial charge in [0.15, 0.2) is 0 Å². The molecule has 0 saturated carbocycles. The van der Waals surface area contributed by atoms with Gasteiger partial charge in [0.25, 0.3) is 0 Å². The first-order chi connectivity index (χ1) is 23.3. The molecule has 1 N–H and O–H groups in total. The fourth-order valence-electron chi connectivity index (χ4n) is 6.62. The maximum absolute atomic E-state index is 12.8. The second-order valence-corrected chi connectivity index (χ2v) is 15.1. The summed E-state index contributed by atoms with van der Waals surface area (Å²) in [7, 11) is 0. The van der Waals surface area contributed by atoms with E-state index in [1.807, 2.05) is 64.8 Å². The summed E-state index contributed by atoms with van der Waals surface area (Å²) in [5, 5.41) is 0. The smallest absolute Gasteiger partial charge is 0.410 e. The van der Waals surface area contributed by atoms with Crippen LogP contribution in [0.3, 0.4) is 0 Å². The minimum Gasteiger partial charge on any atom is -0.444 e. The first-order valence-corrected chi connectivity index (χ1v) is 17.4. The van der Waals surface area contributed by atoms with E-state index in [0.717, 1.165) is 77.3 Å². The second-order valence-electron chi connectivity index (χ2n) is 15.1. The Morgan fingerprint density at radius 1 is 0.816 bits per heavy atom. The van der Waals surface area contributed by atoms with Gasteiger partial charge in [-0.25, -0.2) is 14.6 Å². The Labute approximate surface area is 289 Å². The standard InChI is InChI=1S/C39H49N5O5/c1-38(2,3)48-36(45)43-20-8-12-33(43)31-19-18-30(41-31)28-16-14-26(15-17-28)24-47-25-27-10-7-11-29(22-27)32-23-40-35(42-32)34-13-9-21-44(34)37(46)49-39(4,5)6/h7,10-11,14-18,22-23,33-34H,8-9,12-13,19-21,24-25H2,1-6H3,(H,40,42)/t33-,34-/m0/s1. The van der Waals surface area contributed by atoms with Crippen molar-refractivity contribution in [2.24, 2.45) is 4.99 Å². The molecule has 0 spiro atoms. The van der Waals surface area contributed by atoms with Crippen molar-refractivity contribution in [2.45, 2.75) is 110 Å². The molecule has 0 unspecified atom stereocenters. The van der Waals surface area contributed by atoms with Crippen molar-refractivity contribution in [3.63, 3.8) is 0 Å². The minimum absolute atomic E-state index is 0.00749. The van der Waals surface area contributed by atoms with E-state index in [1.165, 1.54) is 0 Å². The molecule has 2 fully saturated rings. The summed E-state index contributed by atoms with van der Waals surface area (Å²) in [5.74, 6) is 0.778. The molecule has 3 aliphatic rings. The molecule has 3 aliphatic heterocycles. The van der Waals surface area contributed by atoms with Crippen molar-refractivity contribution in [3.05, 3.63) is 83.3 Å². The topological polar surface area (TPSA) is 109 Å². The molecule has 260 valence electrons. The number of carbonyl (C=O) groups is 2. The van der Waals surface area contributed by atoms with Crippen molar-refractivity contribution in [1.82, 2.24) is 19.8 Å². The van der Waals surface area contributed by atoms with Gasteiger partial charge >= 0.3 is 12.2 Å². The third kappa shape index (κ3) is 8.60. The van der Waals surface area contributed by atoms with E-state index >= 15 is 0 Å². The van der Waals surface area contributed by atoms with Crippen LogP contribution < -0.4 is 0 Å². The van der Waals surface area contributed by atoms with E-state index in [4.69, 9.17) is 19.2 Å². The number of amides is 2. The summed E-state index contributed by atoms with van der Waals surface area (Å²) in [6, 6.07) is 16.4. The summed E-state index contributed by atoms with van der Waals surface area (Å²) in [4.78, 5) is 42.2. The summed E-state index contributed by atoms with van der Waals surface area (Å²) in [5.41, 5.74) is 6.04. The number of ether oxygens (including phenoxy) is 3.